The summed E-state index contributed by atoms with van der Waals surface area (Å²) in [5, 5.41) is 11.7. The molecule has 3 aromatic rings. The number of benzene rings is 1. The molecule has 164 valence electrons. The molecule has 1 spiro atoms. The number of carbonyl (C=O) groups excluding carboxylic acids is 1. The van der Waals surface area contributed by atoms with Gasteiger partial charge < -0.3 is 15.5 Å². The van der Waals surface area contributed by atoms with Gasteiger partial charge in [-0.1, -0.05) is 25.0 Å². The molecule has 0 radical (unpaired) electrons. The van der Waals surface area contributed by atoms with E-state index in [0.29, 0.717) is 30.3 Å². The molecule has 1 aliphatic carbocycles. The Morgan fingerprint density at radius 2 is 1.97 bits per heavy atom. The van der Waals surface area contributed by atoms with E-state index in [-0.39, 0.29) is 5.91 Å². The SMILES string of the molecule is O=C(c1cnn2cccnc12)N1CCC[C@]2(C1)Nc1ccccc1NC2=NC1CCCC1. The zero-order valence-corrected chi connectivity index (χ0v) is 18.0. The first-order chi connectivity index (χ1) is 15.7. The molecule has 2 fully saturated rings. The van der Waals surface area contributed by atoms with Crippen molar-refractivity contribution in [2.24, 2.45) is 4.99 Å². The maximum Gasteiger partial charge on any atom is 0.259 e. The summed E-state index contributed by atoms with van der Waals surface area (Å²) in [4.78, 5) is 25.0. The predicted molar refractivity (Wildman–Crippen MR) is 124 cm³/mol. The summed E-state index contributed by atoms with van der Waals surface area (Å²) in [6.07, 6.45) is 11.7. The van der Waals surface area contributed by atoms with Crippen molar-refractivity contribution < 1.29 is 4.79 Å². The van der Waals surface area contributed by atoms with Crippen molar-refractivity contribution in [3.8, 4) is 0 Å². The van der Waals surface area contributed by atoms with E-state index in [1.165, 1.54) is 12.8 Å². The molecule has 4 heterocycles. The fourth-order valence-electron chi connectivity index (χ4n) is 5.31. The van der Waals surface area contributed by atoms with Gasteiger partial charge in [-0.05, 0) is 43.9 Å². The second-order valence-electron chi connectivity index (χ2n) is 9.07. The number of likely N-dealkylation sites (tertiary alicyclic amines) is 1. The first-order valence-electron chi connectivity index (χ1n) is 11.5. The number of aromatic nitrogens is 3. The van der Waals surface area contributed by atoms with Gasteiger partial charge in [-0.3, -0.25) is 9.79 Å². The number of nitrogens with one attached hydrogen (secondary N) is 2. The molecular weight excluding hydrogens is 402 g/mol. The molecule has 1 saturated carbocycles. The number of piperidine rings is 1. The van der Waals surface area contributed by atoms with E-state index in [2.05, 4.69) is 32.8 Å². The largest absolute Gasteiger partial charge is 0.370 e. The average molecular weight is 430 g/mol. The molecule has 1 saturated heterocycles. The molecule has 8 heteroatoms. The van der Waals surface area contributed by atoms with E-state index >= 15 is 0 Å². The van der Waals surface area contributed by atoms with Crippen molar-refractivity contribution in [1.82, 2.24) is 19.5 Å². The monoisotopic (exact) mass is 429 g/mol. The van der Waals surface area contributed by atoms with Crippen LogP contribution in [-0.4, -0.2) is 55.9 Å². The Balaban J connectivity index is 1.35. The van der Waals surface area contributed by atoms with E-state index in [1.54, 1.807) is 16.9 Å². The molecule has 2 N–H and O–H groups in total. The van der Waals surface area contributed by atoms with Gasteiger partial charge in [-0.2, -0.15) is 5.10 Å². The number of aliphatic imine (C=N–C) groups is 1. The number of amides is 1. The van der Waals surface area contributed by atoms with Gasteiger partial charge in [0.2, 0.25) is 0 Å². The molecule has 1 amide bonds. The van der Waals surface area contributed by atoms with Crippen LogP contribution in [0.2, 0.25) is 0 Å². The van der Waals surface area contributed by atoms with Gasteiger partial charge in [0.15, 0.2) is 5.65 Å². The van der Waals surface area contributed by atoms with E-state index in [1.807, 2.05) is 29.3 Å². The minimum absolute atomic E-state index is 0.0290. The standard InChI is InChI=1S/C24H27N7O/c32-22(18-15-26-31-14-6-12-25-21(18)31)30-13-5-11-24(16-30)23(27-17-7-1-2-8-17)28-19-9-3-4-10-20(19)29-24/h3-4,6,9-10,12,14-15,17,29H,1-2,5,7-8,11,13,16H2,(H,27,28)/t24-/m1/s1. The Kier molecular flexibility index (Phi) is 4.59. The van der Waals surface area contributed by atoms with Crippen molar-refractivity contribution in [3.05, 3.63) is 54.5 Å². The highest BCUT2D eigenvalue weighted by Gasteiger charge is 2.45. The fraction of sp³-hybridized carbons (Fsp3) is 0.417. The number of hydrogen-bond donors (Lipinski definition) is 2. The van der Waals surface area contributed by atoms with Crippen LogP contribution in [0, 0.1) is 0 Å². The van der Waals surface area contributed by atoms with Crippen LogP contribution in [0.25, 0.3) is 5.65 Å². The van der Waals surface area contributed by atoms with Gasteiger partial charge >= 0.3 is 0 Å². The number of anilines is 2. The van der Waals surface area contributed by atoms with Gasteiger partial charge in [0.05, 0.1) is 30.2 Å². The Morgan fingerprint density at radius 1 is 1.12 bits per heavy atom. The van der Waals surface area contributed by atoms with Gasteiger partial charge in [0.1, 0.15) is 16.9 Å². The van der Waals surface area contributed by atoms with Crippen LogP contribution in [0.15, 0.2) is 53.9 Å². The topological polar surface area (TPSA) is 86.9 Å². The van der Waals surface area contributed by atoms with Crippen molar-refractivity contribution in [3.63, 3.8) is 0 Å². The number of carbonyl (C=O) groups is 1. The lowest BCUT2D eigenvalue weighted by Crippen LogP contribution is -2.62. The molecule has 2 aromatic heterocycles. The lowest BCUT2D eigenvalue weighted by molar-refractivity contribution is 0.0696. The molecule has 8 nitrogen and oxygen atoms in total. The Bertz CT molecular complexity index is 1200. The van der Waals surface area contributed by atoms with E-state index in [4.69, 9.17) is 4.99 Å². The third kappa shape index (κ3) is 3.21. The van der Waals surface area contributed by atoms with Gasteiger partial charge in [0, 0.05) is 18.9 Å². The van der Waals surface area contributed by atoms with Crippen LogP contribution < -0.4 is 10.6 Å². The number of fused-ring (bicyclic) bond motifs is 2. The Hall–Kier alpha value is -3.42. The van der Waals surface area contributed by atoms with Crippen LogP contribution in [0.4, 0.5) is 11.4 Å². The summed E-state index contributed by atoms with van der Waals surface area (Å²) in [6, 6.07) is 10.4. The fourth-order valence-corrected chi connectivity index (χ4v) is 5.31. The zero-order valence-electron chi connectivity index (χ0n) is 18.0. The van der Waals surface area contributed by atoms with Crippen molar-refractivity contribution >= 4 is 28.8 Å². The Morgan fingerprint density at radius 3 is 2.84 bits per heavy atom. The summed E-state index contributed by atoms with van der Waals surface area (Å²) < 4.78 is 1.65. The first-order valence-corrected chi connectivity index (χ1v) is 11.5. The minimum Gasteiger partial charge on any atom is -0.370 e. The number of para-hydroxylation sites is 2. The van der Waals surface area contributed by atoms with Crippen LogP contribution in [0.3, 0.4) is 0 Å². The predicted octanol–water partition coefficient (Wildman–Crippen LogP) is 3.58. The molecule has 0 bridgehead atoms. The summed E-state index contributed by atoms with van der Waals surface area (Å²) in [5.41, 5.74) is 2.83. The smallest absolute Gasteiger partial charge is 0.259 e. The highest BCUT2D eigenvalue weighted by atomic mass is 16.2. The third-order valence-electron chi connectivity index (χ3n) is 6.93. The molecule has 2 aliphatic heterocycles. The van der Waals surface area contributed by atoms with Gasteiger partial charge in [-0.15, -0.1) is 0 Å². The van der Waals surface area contributed by atoms with E-state index in [0.717, 1.165) is 42.9 Å². The summed E-state index contributed by atoms with van der Waals surface area (Å²) in [7, 11) is 0. The molecule has 32 heavy (non-hydrogen) atoms. The lowest BCUT2D eigenvalue weighted by atomic mass is 9.84. The summed E-state index contributed by atoms with van der Waals surface area (Å²) in [6.45, 7) is 1.27. The number of nitrogens with zero attached hydrogens (tertiary/aromatic N) is 5. The second-order valence-corrected chi connectivity index (χ2v) is 9.07. The van der Waals surface area contributed by atoms with Crippen molar-refractivity contribution in [2.45, 2.75) is 50.1 Å². The van der Waals surface area contributed by atoms with Crippen LogP contribution >= 0.6 is 0 Å². The molecule has 1 aromatic carbocycles. The zero-order chi connectivity index (χ0) is 21.5. The highest BCUT2D eigenvalue weighted by molar-refractivity contribution is 6.10. The van der Waals surface area contributed by atoms with E-state index < -0.39 is 5.54 Å². The number of amidine groups is 1. The van der Waals surface area contributed by atoms with Crippen molar-refractivity contribution in [2.75, 3.05) is 23.7 Å². The van der Waals surface area contributed by atoms with E-state index in [9.17, 15) is 4.79 Å². The van der Waals surface area contributed by atoms with Crippen LogP contribution in [0.5, 0.6) is 0 Å². The quantitative estimate of drug-likeness (QED) is 0.650. The maximum atomic E-state index is 13.5. The van der Waals surface area contributed by atoms with Crippen LogP contribution in [0.1, 0.15) is 48.9 Å². The van der Waals surface area contributed by atoms with Gasteiger partial charge in [-0.25, -0.2) is 9.50 Å². The summed E-state index contributed by atoms with van der Waals surface area (Å²) >= 11 is 0. The molecule has 6 rings (SSSR count). The number of hydrogen-bond acceptors (Lipinski definition) is 5. The highest BCUT2D eigenvalue weighted by Crippen LogP contribution is 2.37. The Labute approximate surface area is 186 Å². The van der Waals surface area contributed by atoms with Crippen molar-refractivity contribution in [1.29, 1.82) is 0 Å². The molecule has 0 unspecified atom stereocenters. The first kappa shape index (κ1) is 19.3. The molecule has 3 aliphatic rings. The van der Waals surface area contributed by atoms with Crippen LogP contribution in [-0.2, 0) is 0 Å². The normalized spacial score (nSPS) is 24.5. The maximum absolute atomic E-state index is 13.5. The minimum atomic E-state index is -0.415. The molecule has 1 atom stereocenters. The second kappa shape index (κ2) is 7.62. The lowest BCUT2D eigenvalue weighted by Gasteiger charge is -2.47. The average Bonchev–Trinajstić information content (AvgIpc) is 3.49. The number of rotatable bonds is 2. The van der Waals surface area contributed by atoms with Gasteiger partial charge in [0.25, 0.3) is 5.91 Å². The summed E-state index contributed by atoms with van der Waals surface area (Å²) in [5.74, 6) is 0.942. The third-order valence-corrected chi connectivity index (χ3v) is 6.93. The molecular formula is C24H27N7O.